The number of anilines is 3. The SMILES string of the molecule is Cc1ncsc1-c1ccc([C@H](C)NC(=O)[C@@H]2C[C@@H](O)CN2C(=O)C(c2cc(N3CCC(CN4CCC(CNC(=O)c5cc(N6CCC(Nc7cc(-c8ccccc8O)nnc7C(=N)N)CC6)ccn5)CC4)CC3)no2)C(C)C)cc1. The molecular weight excluding hydrogens is 1030 g/mol. The number of β-amino-alcohol motifs (C(OH)–C–C–N with tert-alkyl or cyclic N) is 1. The van der Waals surface area contributed by atoms with E-state index in [2.05, 4.69) is 56.0 Å². The molecule has 0 bridgehead atoms. The lowest BCUT2D eigenvalue weighted by Gasteiger charge is -2.37. The van der Waals surface area contributed by atoms with Crippen LogP contribution in [0.2, 0.25) is 0 Å². The molecule has 4 aromatic heterocycles. The fourth-order valence-corrected chi connectivity index (χ4v) is 12.7. The largest absolute Gasteiger partial charge is 0.507 e. The molecule has 20 nitrogen and oxygen atoms in total. The summed E-state index contributed by atoms with van der Waals surface area (Å²) in [6, 6.07) is 21.4. The molecule has 4 atom stereocenters. The van der Waals surface area contributed by atoms with Gasteiger partial charge in [0.05, 0.1) is 39.6 Å². The first kappa shape index (κ1) is 55.8. The molecule has 0 saturated carbocycles. The number of phenols is 1. The Balaban J connectivity index is 0.646. The van der Waals surface area contributed by atoms with Gasteiger partial charge in [-0.15, -0.1) is 21.5 Å². The third kappa shape index (κ3) is 12.9. The molecule has 4 fully saturated rings. The van der Waals surface area contributed by atoms with Gasteiger partial charge in [0, 0.05) is 81.8 Å². The number of nitrogens with zero attached hydrogens (tertiary/aromatic N) is 9. The fourth-order valence-electron chi connectivity index (χ4n) is 11.9. The number of aliphatic hydroxyl groups excluding tert-OH is 1. The summed E-state index contributed by atoms with van der Waals surface area (Å²) in [6.45, 7) is 14.7. The van der Waals surface area contributed by atoms with E-state index < -0.39 is 18.1 Å². The molecule has 8 N–H and O–H groups in total. The van der Waals surface area contributed by atoms with E-state index in [0.29, 0.717) is 52.6 Å². The Kier molecular flexibility index (Phi) is 17.4. The number of amidine groups is 1. The minimum atomic E-state index is -0.815. The summed E-state index contributed by atoms with van der Waals surface area (Å²) < 4.78 is 5.94. The van der Waals surface area contributed by atoms with Crippen LogP contribution in [0.15, 0.2) is 89.0 Å². The van der Waals surface area contributed by atoms with Crippen LogP contribution >= 0.6 is 11.3 Å². The molecule has 0 aliphatic carbocycles. The highest BCUT2D eigenvalue weighted by atomic mass is 32.1. The number of piperidine rings is 3. The van der Waals surface area contributed by atoms with E-state index in [1.165, 1.54) is 4.90 Å². The minimum absolute atomic E-state index is 0.0709. The number of pyridine rings is 1. The number of aromatic hydroxyl groups is 1. The van der Waals surface area contributed by atoms with Crippen molar-refractivity contribution in [1.82, 2.24) is 45.8 Å². The molecule has 80 heavy (non-hydrogen) atoms. The number of aryl methyl sites for hydroxylation is 1. The molecule has 2 aromatic carbocycles. The Bertz CT molecular complexity index is 3130. The monoisotopic (exact) mass is 1110 g/mol. The number of carbonyl (C=O) groups excluding carboxylic acids is 3. The van der Waals surface area contributed by atoms with Gasteiger partial charge in [0.1, 0.15) is 29.2 Å². The van der Waals surface area contributed by atoms with Crippen molar-refractivity contribution in [2.45, 2.75) is 103 Å². The topological polar surface area (TPSA) is 268 Å². The standard InChI is InChI=1S/C59H74N14O6S/c1-35(2)53(59(78)73-33-44(74)28-49(73)58(77)65-36(3)40-9-11-41(12-10-40)55-37(4)64-34-80-55)51-30-52(69-79-51)72-23-16-39(17-24-72)32-70-21-14-38(15-22-70)31-63-57(76)48-27-43(13-20-62-48)71-25-18-42(19-26-71)66-47-29-46(67-68-54(47)56(60)61)45-7-5-6-8-50(45)75/h5-13,20,27,29-30,34-36,38-39,42,44,49,53,74-75H,14-19,21-26,28,31-33H2,1-4H3,(H3,60,61)(H,63,76)(H,65,77)(H,66,67)/t36-,44+,49-,53?/m0/s1. The van der Waals surface area contributed by atoms with Gasteiger partial charge < -0.3 is 56.0 Å². The number of para-hydroxylation sites is 1. The van der Waals surface area contributed by atoms with Gasteiger partial charge in [-0.3, -0.25) is 24.8 Å². The van der Waals surface area contributed by atoms with Crippen LogP contribution in [0.25, 0.3) is 21.7 Å². The van der Waals surface area contributed by atoms with Crippen LogP contribution in [-0.2, 0) is 9.59 Å². The lowest BCUT2D eigenvalue weighted by Crippen LogP contribution is -2.48. The first-order valence-electron chi connectivity index (χ1n) is 28.1. The number of benzene rings is 2. The number of likely N-dealkylation sites (tertiary alicyclic amines) is 2. The number of hydrogen-bond donors (Lipinski definition) is 7. The Morgan fingerprint density at radius 2 is 1.60 bits per heavy atom. The summed E-state index contributed by atoms with van der Waals surface area (Å²) in [5.41, 5.74) is 13.9. The number of amides is 3. The van der Waals surface area contributed by atoms with Crippen LogP contribution in [-0.4, -0.2) is 146 Å². The van der Waals surface area contributed by atoms with Crippen LogP contribution in [0, 0.1) is 30.1 Å². The molecule has 10 rings (SSSR count). The predicted octanol–water partition coefficient (Wildman–Crippen LogP) is 6.97. The van der Waals surface area contributed by atoms with Crippen molar-refractivity contribution in [1.29, 1.82) is 5.41 Å². The molecule has 8 heterocycles. The van der Waals surface area contributed by atoms with Gasteiger partial charge in [-0.2, -0.15) is 0 Å². The minimum Gasteiger partial charge on any atom is -0.507 e. The number of nitrogens with two attached hydrogens (primary N) is 1. The van der Waals surface area contributed by atoms with E-state index in [1.807, 2.05) is 81.7 Å². The van der Waals surface area contributed by atoms with Crippen molar-refractivity contribution < 1.29 is 29.1 Å². The lowest BCUT2D eigenvalue weighted by molar-refractivity contribution is -0.141. The van der Waals surface area contributed by atoms with Crippen molar-refractivity contribution in [2.24, 2.45) is 23.5 Å². The maximum absolute atomic E-state index is 14.4. The molecule has 6 aromatic rings. The van der Waals surface area contributed by atoms with Crippen LogP contribution in [0.5, 0.6) is 5.75 Å². The van der Waals surface area contributed by atoms with Crippen LogP contribution < -0.4 is 31.5 Å². The molecule has 21 heteroatoms. The Morgan fingerprint density at radius 1 is 0.875 bits per heavy atom. The van der Waals surface area contributed by atoms with Gasteiger partial charge in [0.25, 0.3) is 5.91 Å². The van der Waals surface area contributed by atoms with Crippen LogP contribution in [0.1, 0.15) is 111 Å². The number of nitrogens with one attached hydrogen (secondary N) is 4. The maximum Gasteiger partial charge on any atom is 0.269 e. The number of nitrogen functional groups attached to an aromatic ring is 1. The zero-order chi connectivity index (χ0) is 56.0. The summed E-state index contributed by atoms with van der Waals surface area (Å²) in [5, 5.41) is 52.0. The average Bonchev–Trinajstić information content (AvgIpc) is 4.24. The number of carbonyl (C=O) groups is 3. The summed E-state index contributed by atoms with van der Waals surface area (Å²) in [5.74, 6) is 0.471. The first-order chi connectivity index (χ1) is 38.6. The molecule has 422 valence electrons. The third-order valence-electron chi connectivity index (χ3n) is 16.5. The van der Waals surface area contributed by atoms with Crippen LogP contribution in [0.4, 0.5) is 17.2 Å². The quantitative estimate of drug-likeness (QED) is 0.0338. The third-order valence-corrected chi connectivity index (χ3v) is 17.5. The molecule has 0 spiro atoms. The maximum atomic E-state index is 14.4. The molecule has 4 saturated heterocycles. The van der Waals surface area contributed by atoms with E-state index >= 15 is 0 Å². The smallest absolute Gasteiger partial charge is 0.269 e. The number of rotatable bonds is 18. The Labute approximate surface area is 471 Å². The number of phenolic OH excluding ortho intramolecular Hbond substituents is 1. The Hall–Kier alpha value is -7.49. The molecule has 4 aliphatic heterocycles. The number of aliphatic hydroxyl groups is 1. The van der Waals surface area contributed by atoms with Crippen molar-refractivity contribution in [2.75, 3.05) is 74.0 Å². The summed E-state index contributed by atoms with van der Waals surface area (Å²) >= 11 is 1.59. The van der Waals surface area contributed by atoms with Crippen molar-refractivity contribution in [3.8, 4) is 27.4 Å². The predicted molar refractivity (Wildman–Crippen MR) is 309 cm³/mol. The average molecular weight is 1110 g/mol. The van der Waals surface area contributed by atoms with Gasteiger partial charge in [-0.25, -0.2) is 4.98 Å². The summed E-state index contributed by atoms with van der Waals surface area (Å²) in [6.07, 6.45) is 6.68. The highest BCUT2D eigenvalue weighted by Crippen LogP contribution is 2.36. The highest BCUT2D eigenvalue weighted by Gasteiger charge is 2.44. The van der Waals surface area contributed by atoms with E-state index in [1.54, 1.807) is 41.8 Å². The zero-order valence-corrected chi connectivity index (χ0v) is 46.9. The number of hydrogen-bond acceptors (Lipinski definition) is 17. The first-order valence-corrected chi connectivity index (χ1v) is 29.0. The normalized spacial score (nSPS) is 19.5. The molecular formula is C59H74N14O6S. The van der Waals surface area contributed by atoms with Crippen LogP contribution in [0.3, 0.4) is 0 Å². The van der Waals surface area contributed by atoms with Gasteiger partial charge >= 0.3 is 0 Å². The molecule has 4 aliphatic rings. The van der Waals surface area contributed by atoms with Crippen molar-refractivity contribution in [3.63, 3.8) is 0 Å². The second-order valence-electron chi connectivity index (χ2n) is 22.4. The second-order valence-corrected chi connectivity index (χ2v) is 23.3. The Morgan fingerprint density at radius 3 is 2.30 bits per heavy atom. The van der Waals surface area contributed by atoms with Gasteiger partial charge in [0.2, 0.25) is 11.8 Å². The summed E-state index contributed by atoms with van der Waals surface area (Å²) in [7, 11) is 0. The zero-order valence-electron chi connectivity index (χ0n) is 46.1. The van der Waals surface area contributed by atoms with Gasteiger partial charge in [-0.1, -0.05) is 55.4 Å². The van der Waals surface area contributed by atoms with E-state index in [-0.39, 0.29) is 66.0 Å². The number of thiazole rings is 1. The van der Waals surface area contributed by atoms with Gasteiger partial charge in [-0.05, 0) is 125 Å². The molecule has 0 radical (unpaired) electrons. The van der Waals surface area contributed by atoms with E-state index in [0.717, 1.165) is 112 Å². The van der Waals surface area contributed by atoms with Crippen molar-refractivity contribution >= 4 is 52.1 Å². The van der Waals surface area contributed by atoms with Gasteiger partial charge in [0.15, 0.2) is 17.3 Å². The lowest BCUT2D eigenvalue weighted by atomic mass is 9.91. The fraction of sp³-hybridized carbons (Fsp3) is 0.475. The van der Waals surface area contributed by atoms with Crippen molar-refractivity contribution in [3.05, 3.63) is 113 Å². The van der Waals surface area contributed by atoms with E-state index in [9.17, 15) is 24.6 Å². The molecule has 1 unspecified atom stereocenters. The molecule has 3 amide bonds. The summed E-state index contributed by atoms with van der Waals surface area (Å²) in [4.78, 5) is 60.2. The highest BCUT2D eigenvalue weighted by molar-refractivity contribution is 7.13. The number of aromatic nitrogens is 5. The second kappa shape index (κ2) is 24.9. The van der Waals surface area contributed by atoms with E-state index in [4.69, 9.17) is 15.7 Å².